The minimum absolute atomic E-state index is 0.234. The molecule has 0 rings (SSSR count). The number of nitrogens with two attached hydrogens (primary N) is 1. The fraction of sp³-hybridized carbons (Fsp3) is 0.429. The molecule has 0 fully saturated rings. The van der Waals surface area contributed by atoms with Crippen molar-refractivity contribution in [3.05, 3.63) is 17.9 Å². The van der Waals surface area contributed by atoms with E-state index in [9.17, 15) is 4.79 Å². The summed E-state index contributed by atoms with van der Waals surface area (Å²) in [5.41, 5.74) is 8.39. The Bertz CT molecular complexity index is 166. The third kappa shape index (κ3) is 2.15. The standard InChI is InChI=1S/C7H11NO/c1-4-5(2)6(3)7(8)9/h6H,1H2,2-3H3,(H2,8,9). The van der Waals surface area contributed by atoms with E-state index in [-0.39, 0.29) is 11.8 Å². The van der Waals surface area contributed by atoms with Crippen LogP contribution in [-0.2, 0) is 4.79 Å². The molecule has 9 heavy (non-hydrogen) atoms. The highest BCUT2D eigenvalue weighted by molar-refractivity contribution is 5.78. The average Bonchev–Trinajstić information content (AvgIpc) is 1.84. The van der Waals surface area contributed by atoms with Gasteiger partial charge in [-0.15, -0.1) is 5.73 Å². The lowest BCUT2D eigenvalue weighted by Crippen LogP contribution is -2.20. The van der Waals surface area contributed by atoms with Crippen molar-refractivity contribution >= 4 is 5.91 Å². The van der Waals surface area contributed by atoms with E-state index in [1.165, 1.54) is 0 Å². The maximum atomic E-state index is 10.4. The van der Waals surface area contributed by atoms with E-state index in [0.717, 1.165) is 5.57 Å². The van der Waals surface area contributed by atoms with Gasteiger partial charge in [0.25, 0.3) is 0 Å². The summed E-state index contributed by atoms with van der Waals surface area (Å²) in [4.78, 5) is 10.4. The van der Waals surface area contributed by atoms with E-state index in [2.05, 4.69) is 12.3 Å². The molecule has 0 aromatic carbocycles. The van der Waals surface area contributed by atoms with Crippen LogP contribution in [0.4, 0.5) is 0 Å². The number of amides is 1. The lowest BCUT2D eigenvalue weighted by Gasteiger charge is -2.02. The van der Waals surface area contributed by atoms with Crippen LogP contribution in [0.5, 0.6) is 0 Å². The summed E-state index contributed by atoms with van der Waals surface area (Å²) < 4.78 is 0. The normalized spacial score (nSPS) is 11.8. The zero-order valence-corrected chi connectivity index (χ0v) is 5.77. The molecule has 1 unspecified atom stereocenters. The Labute approximate surface area is 55.1 Å². The maximum absolute atomic E-state index is 10.4. The summed E-state index contributed by atoms with van der Waals surface area (Å²) in [6.07, 6.45) is 0. The van der Waals surface area contributed by atoms with Crippen molar-refractivity contribution in [2.75, 3.05) is 0 Å². The summed E-state index contributed by atoms with van der Waals surface area (Å²) in [5.74, 6) is -0.564. The molecule has 0 saturated carbocycles. The van der Waals surface area contributed by atoms with Crippen molar-refractivity contribution in [3.8, 4) is 0 Å². The number of hydrogen-bond donors (Lipinski definition) is 1. The monoisotopic (exact) mass is 125 g/mol. The van der Waals surface area contributed by atoms with Gasteiger partial charge in [-0.25, -0.2) is 0 Å². The molecular weight excluding hydrogens is 114 g/mol. The Morgan fingerprint density at radius 1 is 1.78 bits per heavy atom. The highest BCUT2D eigenvalue weighted by atomic mass is 16.1. The van der Waals surface area contributed by atoms with E-state index in [0.29, 0.717) is 0 Å². The first-order valence-electron chi connectivity index (χ1n) is 2.75. The molecule has 2 N–H and O–H groups in total. The largest absolute Gasteiger partial charge is 0.369 e. The Morgan fingerprint density at radius 2 is 2.22 bits per heavy atom. The van der Waals surface area contributed by atoms with Gasteiger partial charge < -0.3 is 5.73 Å². The molecule has 0 bridgehead atoms. The second-order valence-corrected chi connectivity index (χ2v) is 1.98. The van der Waals surface area contributed by atoms with Gasteiger partial charge in [-0.2, -0.15) is 0 Å². The van der Waals surface area contributed by atoms with Crippen LogP contribution in [0.25, 0.3) is 0 Å². The van der Waals surface area contributed by atoms with Crippen LogP contribution < -0.4 is 5.73 Å². The van der Waals surface area contributed by atoms with Crippen LogP contribution in [0.3, 0.4) is 0 Å². The van der Waals surface area contributed by atoms with Crippen molar-refractivity contribution in [1.82, 2.24) is 0 Å². The smallest absolute Gasteiger partial charge is 0.224 e. The molecule has 0 aromatic rings. The van der Waals surface area contributed by atoms with Crippen molar-refractivity contribution in [3.63, 3.8) is 0 Å². The molecule has 50 valence electrons. The molecule has 0 radical (unpaired) electrons. The average molecular weight is 125 g/mol. The lowest BCUT2D eigenvalue weighted by atomic mass is 10.0. The van der Waals surface area contributed by atoms with Crippen molar-refractivity contribution < 1.29 is 4.79 Å². The van der Waals surface area contributed by atoms with Gasteiger partial charge in [0.2, 0.25) is 5.91 Å². The third-order valence-corrected chi connectivity index (χ3v) is 1.36. The SMILES string of the molecule is C=C=C(C)C(C)C(N)=O. The summed E-state index contributed by atoms with van der Waals surface area (Å²) in [7, 11) is 0. The van der Waals surface area contributed by atoms with Crippen molar-refractivity contribution in [2.24, 2.45) is 11.7 Å². The summed E-state index contributed by atoms with van der Waals surface area (Å²) >= 11 is 0. The highest BCUT2D eigenvalue weighted by Gasteiger charge is 2.08. The van der Waals surface area contributed by atoms with E-state index in [1.807, 2.05) is 0 Å². The van der Waals surface area contributed by atoms with Crippen LogP contribution in [-0.4, -0.2) is 5.91 Å². The first-order valence-corrected chi connectivity index (χ1v) is 2.75. The van der Waals surface area contributed by atoms with Crippen LogP contribution >= 0.6 is 0 Å². The van der Waals surface area contributed by atoms with Crippen LogP contribution in [0, 0.1) is 5.92 Å². The molecule has 0 saturated heterocycles. The van der Waals surface area contributed by atoms with Crippen LogP contribution in [0.2, 0.25) is 0 Å². The predicted octanol–water partition coefficient (Wildman–Crippen LogP) is 0.839. The van der Waals surface area contributed by atoms with Gasteiger partial charge in [0, 0.05) is 0 Å². The Hall–Kier alpha value is -1.01. The summed E-state index contributed by atoms with van der Waals surface area (Å²) in [6.45, 7) is 6.91. The topological polar surface area (TPSA) is 43.1 Å². The zero-order chi connectivity index (χ0) is 7.44. The highest BCUT2D eigenvalue weighted by Crippen LogP contribution is 2.05. The molecular formula is C7H11NO. The second kappa shape index (κ2) is 3.10. The van der Waals surface area contributed by atoms with E-state index in [4.69, 9.17) is 5.73 Å². The second-order valence-electron chi connectivity index (χ2n) is 1.98. The van der Waals surface area contributed by atoms with Gasteiger partial charge in [0.15, 0.2) is 0 Å². The van der Waals surface area contributed by atoms with Gasteiger partial charge in [0.1, 0.15) is 0 Å². The molecule has 0 aliphatic carbocycles. The molecule has 0 aliphatic heterocycles. The van der Waals surface area contributed by atoms with E-state index < -0.39 is 0 Å². The molecule has 2 heteroatoms. The van der Waals surface area contributed by atoms with Gasteiger partial charge in [-0.1, -0.05) is 6.58 Å². The molecule has 2 nitrogen and oxygen atoms in total. The minimum atomic E-state index is -0.330. The predicted molar refractivity (Wildman–Crippen MR) is 36.7 cm³/mol. The van der Waals surface area contributed by atoms with Gasteiger partial charge in [-0.05, 0) is 19.4 Å². The zero-order valence-electron chi connectivity index (χ0n) is 5.77. The van der Waals surface area contributed by atoms with Gasteiger partial charge in [0.05, 0.1) is 5.92 Å². The van der Waals surface area contributed by atoms with E-state index in [1.54, 1.807) is 13.8 Å². The Kier molecular flexibility index (Phi) is 2.75. The number of rotatable bonds is 2. The molecule has 1 atom stereocenters. The van der Waals surface area contributed by atoms with Crippen molar-refractivity contribution in [2.45, 2.75) is 13.8 Å². The number of carbonyl (C=O) groups excluding carboxylic acids is 1. The molecule has 0 aromatic heterocycles. The fourth-order valence-electron chi connectivity index (χ4n) is 0.366. The Morgan fingerprint density at radius 3 is 2.33 bits per heavy atom. The number of hydrogen-bond acceptors (Lipinski definition) is 1. The quantitative estimate of drug-likeness (QED) is 0.546. The third-order valence-electron chi connectivity index (χ3n) is 1.36. The van der Waals surface area contributed by atoms with Gasteiger partial charge >= 0.3 is 0 Å². The number of primary amides is 1. The molecule has 0 spiro atoms. The Balaban J connectivity index is 4.21. The fourth-order valence-corrected chi connectivity index (χ4v) is 0.366. The van der Waals surface area contributed by atoms with Crippen molar-refractivity contribution in [1.29, 1.82) is 0 Å². The molecule has 0 heterocycles. The summed E-state index contributed by atoms with van der Waals surface area (Å²) in [6, 6.07) is 0. The first-order chi connectivity index (χ1) is 4.09. The lowest BCUT2D eigenvalue weighted by molar-refractivity contribution is -0.120. The number of carbonyl (C=O) groups is 1. The minimum Gasteiger partial charge on any atom is -0.369 e. The molecule has 1 amide bonds. The van der Waals surface area contributed by atoms with Crippen LogP contribution in [0.15, 0.2) is 17.9 Å². The first kappa shape index (κ1) is 7.99. The molecule has 0 aliphatic rings. The van der Waals surface area contributed by atoms with Crippen LogP contribution in [0.1, 0.15) is 13.8 Å². The van der Waals surface area contributed by atoms with Gasteiger partial charge in [-0.3, -0.25) is 4.79 Å². The van der Waals surface area contributed by atoms with E-state index >= 15 is 0 Å². The maximum Gasteiger partial charge on any atom is 0.224 e. The summed E-state index contributed by atoms with van der Waals surface area (Å²) in [5, 5.41) is 0.